The first-order valence-corrected chi connectivity index (χ1v) is 12.0. The van der Waals surface area contributed by atoms with Crippen LogP contribution in [0.25, 0.3) is 11.0 Å². The van der Waals surface area contributed by atoms with Crippen LogP contribution in [0, 0.1) is 6.92 Å². The molecule has 12 nitrogen and oxygen atoms in total. The fraction of sp³-hybridized carbons (Fsp3) is 0.542. The van der Waals surface area contributed by atoms with E-state index in [4.69, 9.17) is 42.2 Å². The van der Waals surface area contributed by atoms with Gasteiger partial charge in [-0.1, -0.05) is 11.6 Å². The van der Waals surface area contributed by atoms with Gasteiger partial charge in [0.1, 0.15) is 17.0 Å². The van der Waals surface area contributed by atoms with Crippen LogP contribution >= 0.6 is 11.6 Å². The van der Waals surface area contributed by atoms with Crippen LogP contribution in [0.1, 0.15) is 42.8 Å². The van der Waals surface area contributed by atoms with Gasteiger partial charge in [0, 0.05) is 25.0 Å². The third-order valence-corrected chi connectivity index (χ3v) is 6.21. The number of nitrogens with zero attached hydrogens (tertiary/aromatic N) is 1. The Morgan fingerprint density at radius 3 is 2.18 bits per heavy atom. The molecular weight excluding hydrogens is 529 g/mol. The molecular formula is C24H33ClFN3O9. The van der Waals surface area contributed by atoms with Gasteiger partial charge in [-0.2, -0.15) is 0 Å². The predicted octanol–water partition coefficient (Wildman–Crippen LogP) is 1.16. The molecule has 212 valence electrons. The summed E-state index contributed by atoms with van der Waals surface area (Å²) in [5.41, 5.74) is 4.61. The molecule has 0 aliphatic carbocycles. The standard InChI is InChI=1S/C20H27ClFN3O3.C4H6O6/c1-12-8-13-16(23)15(21)9-14(17(13)28-12)18(26)24-10-20(22)4-6-25(7-5-20)11-19(2,3)27;5-1(3(7)8)2(6)4(9)10/h8-9,27H,4-7,10-11,23H2,1-3H3,(H,24,26);1-2,5-6H,(H,7,8)(H,9,10)/t;1-,2-/m.1/s1. The number of aliphatic carboxylic acids is 2. The number of carbonyl (C=O) groups excluding carboxylic acids is 1. The van der Waals surface area contributed by atoms with Crippen molar-refractivity contribution in [2.24, 2.45) is 0 Å². The van der Waals surface area contributed by atoms with Crippen molar-refractivity contribution in [2.75, 3.05) is 31.9 Å². The first kappa shape index (κ1) is 31.2. The molecule has 1 aromatic heterocycles. The summed E-state index contributed by atoms with van der Waals surface area (Å²) in [5, 5.41) is 45.9. The number of alkyl halides is 1. The van der Waals surface area contributed by atoms with Gasteiger partial charge < -0.3 is 45.9 Å². The highest BCUT2D eigenvalue weighted by atomic mass is 35.5. The first-order chi connectivity index (χ1) is 17.4. The Morgan fingerprint density at radius 1 is 1.18 bits per heavy atom. The topological polar surface area (TPSA) is 207 Å². The lowest BCUT2D eigenvalue weighted by atomic mass is 9.92. The summed E-state index contributed by atoms with van der Waals surface area (Å²) in [5.74, 6) is -3.37. The molecule has 38 heavy (non-hydrogen) atoms. The molecule has 14 heteroatoms. The van der Waals surface area contributed by atoms with Crippen LogP contribution in [-0.4, -0.2) is 97.9 Å². The normalized spacial score (nSPS) is 17.3. The van der Waals surface area contributed by atoms with Crippen LogP contribution in [0.4, 0.5) is 10.1 Å². The van der Waals surface area contributed by atoms with Gasteiger partial charge in [-0.05, 0) is 45.7 Å². The van der Waals surface area contributed by atoms with Gasteiger partial charge in [-0.3, -0.25) is 4.79 Å². The lowest BCUT2D eigenvalue weighted by Crippen LogP contribution is -2.50. The number of carboxylic acids is 2. The van der Waals surface area contributed by atoms with E-state index in [0.29, 0.717) is 54.9 Å². The summed E-state index contributed by atoms with van der Waals surface area (Å²) in [7, 11) is 0. The molecule has 8 N–H and O–H groups in total. The largest absolute Gasteiger partial charge is 0.479 e. The maximum atomic E-state index is 15.1. The summed E-state index contributed by atoms with van der Waals surface area (Å²) < 4.78 is 20.8. The molecule has 0 spiro atoms. The van der Waals surface area contributed by atoms with Gasteiger partial charge in [-0.15, -0.1) is 0 Å². The monoisotopic (exact) mass is 561 g/mol. The van der Waals surface area contributed by atoms with E-state index in [9.17, 15) is 19.5 Å². The average Bonchev–Trinajstić information content (AvgIpc) is 3.21. The number of hydrogen-bond acceptors (Lipinski definition) is 9. The Kier molecular flexibility index (Phi) is 10.1. The van der Waals surface area contributed by atoms with Crippen molar-refractivity contribution in [2.45, 2.75) is 57.1 Å². The van der Waals surface area contributed by atoms with Crippen LogP contribution in [0.3, 0.4) is 0 Å². The molecule has 3 rings (SSSR count). The number of β-amino-alcohol motifs (C(OH)–C–C–N with tert-alkyl or cyclic N) is 1. The lowest BCUT2D eigenvalue weighted by molar-refractivity contribution is -0.165. The Labute approximate surface area is 222 Å². The molecule has 1 aliphatic heterocycles. The second kappa shape index (κ2) is 12.3. The van der Waals surface area contributed by atoms with Crippen molar-refractivity contribution in [3.63, 3.8) is 0 Å². The molecule has 1 aliphatic rings. The van der Waals surface area contributed by atoms with Crippen LogP contribution in [0.5, 0.6) is 0 Å². The van der Waals surface area contributed by atoms with Crippen molar-refractivity contribution in [3.05, 3.63) is 28.5 Å². The molecule has 0 radical (unpaired) electrons. The minimum absolute atomic E-state index is 0.0919. The van der Waals surface area contributed by atoms with E-state index in [1.165, 1.54) is 6.07 Å². The number of carbonyl (C=O) groups is 3. The Bertz CT molecular complexity index is 1160. The van der Waals surface area contributed by atoms with Crippen molar-refractivity contribution in [3.8, 4) is 0 Å². The number of hydrogen-bond donors (Lipinski definition) is 7. The Balaban J connectivity index is 0.000000432. The zero-order valence-electron chi connectivity index (χ0n) is 21.2. The van der Waals surface area contributed by atoms with Gasteiger partial charge in [0.05, 0.1) is 28.4 Å². The van der Waals surface area contributed by atoms with E-state index in [1.807, 2.05) is 4.90 Å². The summed E-state index contributed by atoms with van der Waals surface area (Å²) >= 11 is 6.14. The number of piperidine rings is 1. The van der Waals surface area contributed by atoms with Gasteiger partial charge >= 0.3 is 11.9 Å². The number of benzene rings is 1. The highest BCUT2D eigenvalue weighted by Crippen LogP contribution is 2.34. The smallest absolute Gasteiger partial charge is 0.335 e. The highest BCUT2D eigenvalue weighted by Gasteiger charge is 2.36. The number of aryl methyl sites for hydroxylation is 1. The van der Waals surface area contributed by atoms with Crippen LogP contribution in [0.15, 0.2) is 16.5 Å². The number of fused-ring (bicyclic) bond motifs is 1. The second-order valence-corrected chi connectivity index (χ2v) is 10.3. The van der Waals surface area contributed by atoms with E-state index >= 15 is 4.39 Å². The average molecular weight is 562 g/mol. The first-order valence-electron chi connectivity index (χ1n) is 11.7. The zero-order chi connectivity index (χ0) is 29.0. The quantitative estimate of drug-likeness (QED) is 0.227. The van der Waals surface area contributed by atoms with Gasteiger partial charge in [0.25, 0.3) is 5.91 Å². The Hall–Kier alpha value is -2.97. The highest BCUT2D eigenvalue weighted by molar-refractivity contribution is 6.35. The van der Waals surface area contributed by atoms with E-state index in [-0.39, 0.29) is 17.1 Å². The number of nitrogens with one attached hydrogen (secondary N) is 1. The molecule has 2 heterocycles. The number of likely N-dealkylation sites (tertiary alicyclic amines) is 1. The summed E-state index contributed by atoms with van der Waals surface area (Å²) in [4.78, 5) is 34.3. The number of nitrogens with two attached hydrogens (primary N) is 1. The van der Waals surface area contributed by atoms with E-state index in [2.05, 4.69) is 5.32 Å². The fourth-order valence-corrected chi connectivity index (χ4v) is 4.13. The van der Waals surface area contributed by atoms with Crippen LogP contribution in [0.2, 0.25) is 5.02 Å². The number of aliphatic hydroxyl groups is 3. The minimum Gasteiger partial charge on any atom is -0.479 e. The van der Waals surface area contributed by atoms with Crippen LogP contribution in [-0.2, 0) is 9.59 Å². The molecule has 1 saturated heterocycles. The van der Waals surface area contributed by atoms with Crippen molar-refractivity contribution in [1.29, 1.82) is 0 Å². The van der Waals surface area contributed by atoms with Gasteiger partial charge in [0.2, 0.25) is 0 Å². The van der Waals surface area contributed by atoms with E-state index < -0.39 is 41.3 Å². The van der Waals surface area contributed by atoms with Crippen LogP contribution < -0.4 is 11.1 Å². The number of anilines is 1. The molecule has 2 atom stereocenters. The van der Waals surface area contributed by atoms with Crippen molar-refractivity contribution < 1.29 is 48.7 Å². The summed E-state index contributed by atoms with van der Waals surface area (Å²) in [6.07, 6.45) is -3.95. The molecule has 0 bridgehead atoms. The number of halogens is 2. The molecule has 0 saturated carbocycles. The fourth-order valence-electron chi connectivity index (χ4n) is 3.92. The summed E-state index contributed by atoms with van der Waals surface area (Å²) in [6.45, 7) is 6.70. The number of furan rings is 1. The molecule has 2 aromatic rings. The van der Waals surface area contributed by atoms with Crippen molar-refractivity contribution in [1.82, 2.24) is 10.2 Å². The van der Waals surface area contributed by atoms with Crippen molar-refractivity contribution >= 4 is 46.1 Å². The number of amides is 1. The van der Waals surface area contributed by atoms with Gasteiger partial charge in [0.15, 0.2) is 12.2 Å². The maximum absolute atomic E-state index is 15.1. The number of nitrogen functional groups attached to an aromatic ring is 1. The molecule has 1 fully saturated rings. The third kappa shape index (κ3) is 8.27. The second-order valence-electron chi connectivity index (χ2n) is 9.91. The minimum atomic E-state index is -2.27. The lowest BCUT2D eigenvalue weighted by Gasteiger charge is -2.38. The number of rotatable bonds is 8. The Morgan fingerprint density at radius 2 is 1.71 bits per heavy atom. The SMILES string of the molecule is Cc1cc2c(N)c(Cl)cc(C(=O)NCC3(F)CCN(CC(C)(C)O)CC3)c2o1.O=C(O)[C@H](O)[C@@H](O)C(=O)O. The maximum Gasteiger partial charge on any atom is 0.335 e. The predicted molar refractivity (Wildman–Crippen MR) is 136 cm³/mol. The molecule has 1 aromatic carbocycles. The molecule has 0 unspecified atom stereocenters. The number of carboxylic acid groups (broad SMARTS) is 2. The number of aliphatic hydroxyl groups excluding tert-OH is 2. The summed E-state index contributed by atoms with van der Waals surface area (Å²) in [6, 6.07) is 3.18. The third-order valence-electron chi connectivity index (χ3n) is 5.90. The van der Waals surface area contributed by atoms with Gasteiger partial charge in [-0.25, -0.2) is 14.0 Å². The zero-order valence-corrected chi connectivity index (χ0v) is 22.0. The van der Waals surface area contributed by atoms with E-state index in [0.717, 1.165) is 0 Å². The van der Waals surface area contributed by atoms with E-state index in [1.54, 1.807) is 26.8 Å². The molecule has 1 amide bonds.